The van der Waals surface area contributed by atoms with Crippen LogP contribution in [0, 0.1) is 5.92 Å². The zero-order valence-electron chi connectivity index (χ0n) is 8.08. The van der Waals surface area contributed by atoms with Crippen molar-refractivity contribution in [1.82, 2.24) is 5.32 Å². The Balaban J connectivity index is 2.13. The van der Waals surface area contributed by atoms with E-state index in [-0.39, 0.29) is 11.9 Å². The molecule has 1 heterocycles. The molecule has 4 heteroatoms. The lowest BCUT2D eigenvalue weighted by Crippen LogP contribution is -2.42. The summed E-state index contributed by atoms with van der Waals surface area (Å²) in [5.41, 5.74) is 5.56. The van der Waals surface area contributed by atoms with Crippen LogP contribution in [0.2, 0.25) is 0 Å². The molecule has 1 saturated heterocycles. The molecule has 1 fully saturated rings. The largest absolute Gasteiger partial charge is 0.381 e. The van der Waals surface area contributed by atoms with Gasteiger partial charge in [0, 0.05) is 19.1 Å². The molecule has 0 aromatic heterocycles. The first-order valence-electron chi connectivity index (χ1n) is 4.85. The van der Waals surface area contributed by atoms with E-state index >= 15 is 0 Å². The first kappa shape index (κ1) is 10.5. The molecule has 0 spiro atoms. The molecular weight excluding hydrogens is 168 g/mol. The summed E-state index contributed by atoms with van der Waals surface area (Å²) in [6.45, 7) is 4.19. The molecule has 0 aromatic rings. The van der Waals surface area contributed by atoms with Gasteiger partial charge in [0.2, 0.25) is 5.91 Å². The van der Waals surface area contributed by atoms with Crippen molar-refractivity contribution in [2.45, 2.75) is 25.8 Å². The SMILES string of the molecule is CCC(N)C(=O)NCC1CCOC1. The van der Waals surface area contributed by atoms with Gasteiger partial charge < -0.3 is 15.8 Å². The van der Waals surface area contributed by atoms with Crippen molar-refractivity contribution >= 4 is 5.91 Å². The fraction of sp³-hybridized carbons (Fsp3) is 0.889. The summed E-state index contributed by atoms with van der Waals surface area (Å²) in [4.78, 5) is 11.3. The number of amides is 1. The van der Waals surface area contributed by atoms with Gasteiger partial charge >= 0.3 is 0 Å². The predicted molar refractivity (Wildman–Crippen MR) is 50.2 cm³/mol. The minimum absolute atomic E-state index is 0.0469. The van der Waals surface area contributed by atoms with Crippen LogP contribution < -0.4 is 11.1 Å². The van der Waals surface area contributed by atoms with E-state index < -0.39 is 0 Å². The summed E-state index contributed by atoms with van der Waals surface area (Å²) in [6, 6.07) is -0.359. The molecule has 1 amide bonds. The minimum Gasteiger partial charge on any atom is -0.381 e. The van der Waals surface area contributed by atoms with Gasteiger partial charge in [-0.25, -0.2) is 0 Å². The Morgan fingerprint density at radius 3 is 3.08 bits per heavy atom. The summed E-state index contributed by atoms with van der Waals surface area (Å²) in [6.07, 6.45) is 1.73. The van der Waals surface area contributed by atoms with Crippen LogP contribution in [0.25, 0.3) is 0 Å². The van der Waals surface area contributed by atoms with Crippen LogP contribution in [-0.2, 0) is 9.53 Å². The summed E-state index contributed by atoms with van der Waals surface area (Å²) in [5.74, 6) is 0.433. The van der Waals surface area contributed by atoms with Gasteiger partial charge in [-0.05, 0) is 12.8 Å². The molecule has 0 radical (unpaired) electrons. The summed E-state index contributed by atoms with van der Waals surface area (Å²) < 4.78 is 5.19. The topological polar surface area (TPSA) is 64.4 Å². The lowest BCUT2D eigenvalue weighted by Gasteiger charge is -2.12. The van der Waals surface area contributed by atoms with Crippen molar-refractivity contribution in [3.8, 4) is 0 Å². The molecule has 0 aliphatic carbocycles. The van der Waals surface area contributed by atoms with E-state index in [0.717, 1.165) is 19.6 Å². The normalized spacial score (nSPS) is 24.3. The highest BCUT2D eigenvalue weighted by atomic mass is 16.5. The Labute approximate surface area is 78.8 Å². The molecule has 3 N–H and O–H groups in total. The maximum atomic E-state index is 11.3. The highest BCUT2D eigenvalue weighted by molar-refractivity contribution is 5.81. The van der Waals surface area contributed by atoms with Crippen molar-refractivity contribution in [3.05, 3.63) is 0 Å². The van der Waals surface area contributed by atoms with Gasteiger partial charge in [0.1, 0.15) is 0 Å². The quantitative estimate of drug-likeness (QED) is 0.643. The van der Waals surface area contributed by atoms with Crippen LogP contribution in [0.15, 0.2) is 0 Å². The van der Waals surface area contributed by atoms with Gasteiger partial charge in [0.25, 0.3) is 0 Å². The van der Waals surface area contributed by atoms with E-state index in [1.165, 1.54) is 0 Å². The molecular formula is C9H18N2O2. The van der Waals surface area contributed by atoms with Gasteiger partial charge in [0.05, 0.1) is 12.6 Å². The minimum atomic E-state index is -0.359. The van der Waals surface area contributed by atoms with E-state index in [0.29, 0.717) is 18.9 Å². The zero-order valence-corrected chi connectivity index (χ0v) is 8.08. The van der Waals surface area contributed by atoms with Crippen LogP contribution in [0.4, 0.5) is 0 Å². The number of rotatable bonds is 4. The molecule has 2 atom stereocenters. The fourth-order valence-electron chi connectivity index (χ4n) is 1.31. The second-order valence-electron chi connectivity index (χ2n) is 3.49. The smallest absolute Gasteiger partial charge is 0.236 e. The summed E-state index contributed by atoms with van der Waals surface area (Å²) in [5, 5.41) is 2.83. The average Bonchev–Trinajstić information content (AvgIpc) is 2.65. The van der Waals surface area contributed by atoms with Gasteiger partial charge in [-0.3, -0.25) is 4.79 Å². The maximum Gasteiger partial charge on any atom is 0.236 e. The van der Waals surface area contributed by atoms with Gasteiger partial charge in [0.15, 0.2) is 0 Å². The molecule has 4 nitrogen and oxygen atoms in total. The van der Waals surface area contributed by atoms with E-state index in [2.05, 4.69) is 5.32 Å². The van der Waals surface area contributed by atoms with Gasteiger partial charge in [-0.1, -0.05) is 6.92 Å². The number of nitrogens with one attached hydrogen (secondary N) is 1. The zero-order chi connectivity index (χ0) is 9.68. The molecule has 0 saturated carbocycles. The first-order chi connectivity index (χ1) is 6.24. The third kappa shape index (κ3) is 3.32. The molecule has 1 aliphatic heterocycles. The second-order valence-corrected chi connectivity index (χ2v) is 3.49. The number of carbonyl (C=O) groups excluding carboxylic acids is 1. The van der Waals surface area contributed by atoms with Crippen molar-refractivity contribution < 1.29 is 9.53 Å². The third-order valence-corrected chi connectivity index (χ3v) is 2.37. The van der Waals surface area contributed by atoms with Crippen LogP contribution in [0.1, 0.15) is 19.8 Å². The molecule has 13 heavy (non-hydrogen) atoms. The van der Waals surface area contributed by atoms with Crippen LogP contribution in [-0.4, -0.2) is 31.7 Å². The Morgan fingerprint density at radius 1 is 1.77 bits per heavy atom. The molecule has 0 aromatic carbocycles. The molecule has 1 aliphatic rings. The number of hydrogen-bond donors (Lipinski definition) is 2. The lowest BCUT2D eigenvalue weighted by atomic mass is 10.1. The van der Waals surface area contributed by atoms with Crippen LogP contribution in [0.5, 0.6) is 0 Å². The first-order valence-corrected chi connectivity index (χ1v) is 4.85. The summed E-state index contributed by atoms with van der Waals surface area (Å²) >= 11 is 0. The Bertz CT molecular complexity index is 167. The van der Waals surface area contributed by atoms with Crippen molar-refractivity contribution in [3.63, 3.8) is 0 Å². The fourth-order valence-corrected chi connectivity index (χ4v) is 1.31. The van der Waals surface area contributed by atoms with E-state index in [9.17, 15) is 4.79 Å². The molecule has 0 bridgehead atoms. The second kappa shape index (κ2) is 5.19. The lowest BCUT2D eigenvalue weighted by molar-refractivity contribution is -0.122. The number of carbonyl (C=O) groups is 1. The van der Waals surface area contributed by atoms with Gasteiger partial charge in [-0.2, -0.15) is 0 Å². The van der Waals surface area contributed by atoms with E-state index in [1.54, 1.807) is 0 Å². The average molecular weight is 186 g/mol. The number of hydrogen-bond acceptors (Lipinski definition) is 3. The van der Waals surface area contributed by atoms with Crippen molar-refractivity contribution in [1.29, 1.82) is 0 Å². The third-order valence-electron chi connectivity index (χ3n) is 2.37. The Morgan fingerprint density at radius 2 is 2.54 bits per heavy atom. The van der Waals surface area contributed by atoms with Crippen LogP contribution in [0.3, 0.4) is 0 Å². The monoisotopic (exact) mass is 186 g/mol. The summed E-state index contributed by atoms with van der Waals surface area (Å²) in [7, 11) is 0. The van der Waals surface area contributed by atoms with E-state index in [4.69, 9.17) is 10.5 Å². The van der Waals surface area contributed by atoms with E-state index in [1.807, 2.05) is 6.92 Å². The Hall–Kier alpha value is -0.610. The van der Waals surface area contributed by atoms with Gasteiger partial charge in [-0.15, -0.1) is 0 Å². The molecule has 1 rings (SSSR count). The van der Waals surface area contributed by atoms with Crippen molar-refractivity contribution in [2.75, 3.05) is 19.8 Å². The number of ether oxygens (including phenoxy) is 1. The van der Waals surface area contributed by atoms with Crippen molar-refractivity contribution in [2.24, 2.45) is 11.7 Å². The highest BCUT2D eigenvalue weighted by Crippen LogP contribution is 2.10. The Kier molecular flexibility index (Phi) is 4.18. The molecule has 2 unspecified atom stereocenters. The standard InChI is InChI=1S/C9H18N2O2/c1-2-8(10)9(12)11-5-7-3-4-13-6-7/h7-8H,2-6,10H2,1H3,(H,11,12). The highest BCUT2D eigenvalue weighted by Gasteiger charge is 2.17. The maximum absolute atomic E-state index is 11.3. The van der Waals surface area contributed by atoms with Crippen LogP contribution >= 0.6 is 0 Å². The number of nitrogens with two attached hydrogens (primary N) is 1. The molecule has 76 valence electrons. The predicted octanol–water partition coefficient (Wildman–Crippen LogP) is -0.124.